The quantitative estimate of drug-likeness (QED) is 0.701. The van der Waals surface area contributed by atoms with Gasteiger partial charge in [0.15, 0.2) is 0 Å². The van der Waals surface area contributed by atoms with E-state index in [0.717, 1.165) is 18.4 Å². The Morgan fingerprint density at radius 1 is 1.24 bits per heavy atom. The molecule has 17 heavy (non-hydrogen) atoms. The summed E-state index contributed by atoms with van der Waals surface area (Å²) >= 11 is 0. The average molecular weight is 241 g/mol. The van der Waals surface area contributed by atoms with E-state index in [1.54, 1.807) is 0 Å². The number of hydrogen-bond acceptors (Lipinski definition) is 2. The topological polar surface area (TPSA) is 21.3 Å². The second kappa shape index (κ2) is 8.10. The Hall–Kier alpha value is -0.0800. The summed E-state index contributed by atoms with van der Waals surface area (Å²) in [6.45, 7) is 11.3. The molecular weight excluding hydrogens is 210 g/mol. The van der Waals surface area contributed by atoms with Crippen LogP contribution in [0.5, 0.6) is 0 Å². The molecule has 0 aromatic carbocycles. The summed E-state index contributed by atoms with van der Waals surface area (Å²) in [4.78, 5) is 0. The molecule has 1 fully saturated rings. The molecule has 0 bridgehead atoms. The van der Waals surface area contributed by atoms with E-state index in [-0.39, 0.29) is 0 Å². The third-order valence-corrected chi connectivity index (χ3v) is 3.60. The minimum atomic E-state index is 0.492. The molecule has 1 saturated heterocycles. The second-order valence-corrected chi connectivity index (χ2v) is 6.09. The van der Waals surface area contributed by atoms with Crippen LogP contribution in [0, 0.1) is 11.8 Å². The zero-order valence-electron chi connectivity index (χ0n) is 12.2. The molecule has 1 aliphatic heterocycles. The molecule has 1 rings (SSSR count). The molecule has 1 aliphatic rings. The fourth-order valence-electron chi connectivity index (χ4n) is 2.72. The average Bonchev–Trinajstić information content (AvgIpc) is 2.63. The lowest BCUT2D eigenvalue weighted by atomic mass is 9.95. The van der Waals surface area contributed by atoms with Crippen molar-refractivity contribution >= 4 is 0 Å². The third-order valence-electron chi connectivity index (χ3n) is 3.60. The Labute approximate surface area is 108 Å². The highest BCUT2D eigenvalue weighted by Crippen LogP contribution is 2.26. The highest BCUT2D eigenvalue weighted by atomic mass is 16.5. The van der Waals surface area contributed by atoms with E-state index >= 15 is 0 Å². The SMILES string of the molecule is CCCC(CNCC(C)C)CC1CCC(C)O1. The van der Waals surface area contributed by atoms with Crippen LogP contribution in [0.25, 0.3) is 0 Å². The molecule has 0 aromatic heterocycles. The van der Waals surface area contributed by atoms with Crippen molar-refractivity contribution in [2.24, 2.45) is 11.8 Å². The molecule has 0 aliphatic carbocycles. The van der Waals surface area contributed by atoms with Crippen LogP contribution in [0.2, 0.25) is 0 Å². The normalized spacial score (nSPS) is 26.6. The molecular formula is C15H31NO. The van der Waals surface area contributed by atoms with Gasteiger partial charge in [-0.25, -0.2) is 0 Å². The number of ether oxygens (including phenoxy) is 1. The van der Waals surface area contributed by atoms with Crippen molar-refractivity contribution in [1.29, 1.82) is 0 Å². The molecule has 0 saturated carbocycles. The summed E-state index contributed by atoms with van der Waals surface area (Å²) < 4.78 is 5.94. The standard InChI is InChI=1S/C15H31NO/c1-5-6-14(11-16-10-12(2)3)9-15-8-7-13(4)17-15/h12-16H,5-11H2,1-4H3. The van der Waals surface area contributed by atoms with Gasteiger partial charge in [0, 0.05) is 0 Å². The fourth-order valence-corrected chi connectivity index (χ4v) is 2.72. The van der Waals surface area contributed by atoms with Crippen molar-refractivity contribution in [3.8, 4) is 0 Å². The smallest absolute Gasteiger partial charge is 0.0582 e. The number of hydrogen-bond donors (Lipinski definition) is 1. The van der Waals surface area contributed by atoms with Crippen molar-refractivity contribution in [2.75, 3.05) is 13.1 Å². The van der Waals surface area contributed by atoms with E-state index in [2.05, 4.69) is 33.0 Å². The Bertz CT molecular complexity index is 193. The van der Waals surface area contributed by atoms with Crippen molar-refractivity contribution in [3.05, 3.63) is 0 Å². The van der Waals surface area contributed by atoms with Crippen LogP contribution in [0.4, 0.5) is 0 Å². The van der Waals surface area contributed by atoms with E-state index in [1.165, 1.54) is 38.6 Å². The van der Waals surface area contributed by atoms with Crippen LogP contribution in [0.1, 0.15) is 59.8 Å². The first-order valence-electron chi connectivity index (χ1n) is 7.48. The number of rotatable bonds is 8. The van der Waals surface area contributed by atoms with Crippen LogP contribution in [0.3, 0.4) is 0 Å². The van der Waals surface area contributed by atoms with E-state index in [0.29, 0.717) is 12.2 Å². The van der Waals surface area contributed by atoms with E-state index in [1.807, 2.05) is 0 Å². The maximum atomic E-state index is 5.94. The highest BCUT2D eigenvalue weighted by Gasteiger charge is 2.24. The van der Waals surface area contributed by atoms with Crippen molar-refractivity contribution in [3.63, 3.8) is 0 Å². The summed E-state index contributed by atoms with van der Waals surface area (Å²) in [5, 5.41) is 3.60. The first-order valence-corrected chi connectivity index (χ1v) is 7.48. The van der Waals surface area contributed by atoms with Gasteiger partial charge in [0.05, 0.1) is 12.2 Å². The predicted molar refractivity (Wildman–Crippen MR) is 74.3 cm³/mol. The summed E-state index contributed by atoms with van der Waals surface area (Å²) in [6, 6.07) is 0. The maximum absolute atomic E-state index is 5.94. The monoisotopic (exact) mass is 241 g/mol. The largest absolute Gasteiger partial charge is 0.375 e. The van der Waals surface area contributed by atoms with Crippen molar-refractivity contribution in [1.82, 2.24) is 5.32 Å². The molecule has 1 N–H and O–H groups in total. The molecule has 0 spiro atoms. The highest BCUT2D eigenvalue weighted by molar-refractivity contribution is 4.75. The van der Waals surface area contributed by atoms with Crippen LogP contribution in [-0.4, -0.2) is 25.3 Å². The van der Waals surface area contributed by atoms with Crippen LogP contribution >= 0.6 is 0 Å². The second-order valence-electron chi connectivity index (χ2n) is 6.09. The predicted octanol–water partition coefficient (Wildman–Crippen LogP) is 3.61. The van der Waals surface area contributed by atoms with Crippen LogP contribution in [-0.2, 0) is 4.74 Å². The molecule has 0 radical (unpaired) electrons. The summed E-state index contributed by atoms with van der Waals surface area (Å²) in [5.74, 6) is 1.55. The molecule has 0 aromatic rings. The van der Waals surface area contributed by atoms with Gasteiger partial charge in [0.1, 0.15) is 0 Å². The lowest BCUT2D eigenvalue weighted by molar-refractivity contribution is 0.0398. The first-order chi connectivity index (χ1) is 8.11. The lowest BCUT2D eigenvalue weighted by Crippen LogP contribution is -2.28. The van der Waals surface area contributed by atoms with Crippen LogP contribution in [0.15, 0.2) is 0 Å². The zero-order valence-corrected chi connectivity index (χ0v) is 12.2. The molecule has 3 unspecified atom stereocenters. The molecule has 1 heterocycles. The fraction of sp³-hybridized carbons (Fsp3) is 1.00. The van der Waals surface area contributed by atoms with Gasteiger partial charge in [0.25, 0.3) is 0 Å². The Morgan fingerprint density at radius 2 is 2.00 bits per heavy atom. The van der Waals surface area contributed by atoms with E-state index < -0.39 is 0 Å². The van der Waals surface area contributed by atoms with Gasteiger partial charge < -0.3 is 10.1 Å². The molecule has 0 amide bonds. The minimum Gasteiger partial charge on any atom is -0.375 e. The summed E-state index contributed by atoms with van der Waals surface area (Å²) in [7, 11) is 0. The van der Waals surface area contributed by atoms with E-state index in [9.17, 15) is 0 Å². The van der Waals surface area contributed by atoms with Gasteiger partial charge in [-0.3, -0.25) is 0 Å². The molecule has 102 valence electrons. The van der Waals surface area contributed by atoms with Gasteiger partial charge >= 0.3 is 0 Å². The Morgan fingerprint density at radius 3 is 2.53 bits per heavy atom. The van der Waals surface area contributed by atoms with Crippen molar-refractivity contribution < 1.29 is 4.74 Å². The van der Waals surface area contributed by atoms with Crippen LogP contribution < -0.4 is 5.32 Å². The first kappa shape index (κ1) is 15.0. The van der Waals surface area contributed by atoms with Crippen molar-refractivity contribution in [2.45, 2.75) is 72.0 Å². The molecule has 2 heteroatoms. The Balaban J connectivity index is 2.22. The summed E-state index contributed by atoms with van der Waals surface area (Å²) in [5.41, 5.74) is 0. The Kier molecular flexibility index (Phi) is 7.14. The molecule has 2 nitrogen and oxygen atoms in total. The van der Waals surface area contributed by atoms with Gasteiger partial charge in [-0.05, 0) is 57.5 Å². The minimum absolute atomic E-state index is 0.492. The van der Waals surface area contributed by atoms with Gasteiger partial charge in [-0.15, -0.1) is 0 Å². The van der Waals surface area contributed by atoms with Gasteiger partial charge in [-0.2, -0.15) is 0 Å². The lowest BCUT2D eigenvalue weighted by Gasteiger charge is -2.21. The number of nitrogens with one attached hydrogen (secondary N) is 1. The van der Waals surface area contributed by atoms with Gasteiger partial charge in [-0.1, -0.05) is 27.2 Å². The molecule has 3 atom stereocenters. The van der Waals surface area contributed by atoms with Gasteiger partial charge in [0.2, 0.25) is 0 Å². The van der Waals surface area contributed by atoms with E-state index in [4.69, 9.17) is 4.74 Å². The zero-order chi connectivity index (χ0) is 12.7. The summed E-state index contributed by atoms with van der Waals surface area (Å²) in [6.07, 6.45) is 7.42. The maximum Gasteiger partial charge on any atom is 0.0582 e. The third kappa shape index (κ3) is 6.42.